The van der Waals surface area contributed by atoms with Crippen molar-refractivity contribution in [2.75, 3.05) is 13.7 Å². The van der Waals surface area contributed by atoms with Crippen molar-refractivity contribution >= 4 is 5.97 Å². The van der Waals surface area contributed by atoms with Crippen LogP contribution >= 0.6 is 0 Å². The molecule has 0 unspecified atom stereocenters. The van der Waals surface area contributed by atoms with Gasteiger partial charge in [0.15, 0.2) is 0 Å². The normalized spacial score (nSPS) is 25.1. The van der Waals surface area contributed by atoms with Gasteiger partial charge in [0.25, 0.3) is 0 Å². The molecule has 17 heavy (non-hydrogen) atoms. The van der Waals surface area contributed by atoms with E-state index in [1.54, 1.807) is 0 Å². The number of aliphatic hydroxyl groups is 1. The fraction of sp³-hybridized carbons (Fsp3) is 0.636. The number of rotatable bonds is 3. The fourth-order valence-electron chi connectivity index (χ4n) is 2.14. The van der Waals surface area contributed by atoms with Gasteiger partial charge < -0.3 is 14.4 Å². The number of methoxy groups -OCH3 is 1. The van der Waals surface area contributed by atoms with Crippen molar-refractivity contribution in [1.82, 2.24) is 10.1 Å². The molecule has 0 saturated carbocycles. The summed E-state index contributed by atoms with van der Waals surface area (Å²) >= 11 is 0. The van der Waals surface area contributed by atoms with E-state index >= 15 is 0 Å². The van der Waals surface area contributed by atoms with Crippen LogP contribution < -0.4 is 0 Å². The summed E-state index contributed by atoms with van der Waals surface area (Å²) in [6, 6.07) is 1.42. The maximum absolute atomic E-state index is 11.5. The molecule has 1 fully saturated rings. The van der Waals surface area contributed by atoms with Gasteiger partial charge >= 0.3 is 5.97 Å². The first-order valence-corrected chi connectivity index (χ1v) is 5.52. The zero-order valence-corrected chi connectivity index (χ0v) is 9.92. The lowest BCUT2D eigenvalue weighted by atomic mass is 10.2. The number of aliphatic hydroxyl groups excluding tert-OH is 1. The van der Waals surface area contributed by atoms with E-state index in [4.69, 9.17) is 9.26 Å². The number of carbonyl (C=O) groups is 1. The van der Waals surface area contributed by atoms with Gasteiger partial charge in [0.05, 0.1) is 18.9 Å². The van der Waals surface area contributed by atoms with Crippen LogP contribution in [0.25, 0.3) is 0 Å². The molecule has 1 aromatic rings. The highest BCUT2D eigenvalue weighted by Crippen LogP contribution is 2.21. The number of hydrogen-bond acceptors (Lipinski definition) is 6. The SMILES string of the molecule is COC(=O)[C@@H]1C[C@@H](O)CN1Cc1cc(C)on1. The maximum Gasteiger partial charge on any atom is 0.323 e. The average Bonchev–Trinajstić information content (AvgIpc) is 2.85. The van der Waals surface area contributed by atoms with Gasteiger partial charge in [-0.05, 0) is 6.92 Å². The molecule has 0 aliphatic carbocycles. The van der Waals surface area contributed by atoms with Crippen LogP contribution in [0.1, 0.15) is 17.9 Å². The molecule has 1 aliphatic heterocycles. The van der Waals surface area contributed by atoms with E-state index in [9.17, 15) is 9.90 Å². The molecule has 0 aromatic carbocycles. The van der Waals surface area contributed by atoms with Crippen LogP contribution in [0, 0.1) is 6.92 Å². The monoisotopic (exact) mass is 240 g/mol. The number of aryl methyl sites for hydroxylation is 1. The second-order valence-electron chi connectivity index (χ2n) is 4.29. The van der Waals surface area contributed by atoms with E-state index in [0.29, 0.717) is 19.5 Å². The summed E-state index contributed by atoms with van der Waals surface area (Å²) in [5.74, 6) is 0.413. The molecular formula is C11H16N2O4. The van der Waals surface area contributed by atoms with E-state index in [1.807, 2.05) is 17.9 Å². The number of aromatic nitrogens is 1. The summed E-state index contributed by atoms with van der Waals surface area (Å²) < 4.78 is 9.69. The number of likely N-dealkylation sites (tertiary alicyclic amines) is 1. The molecule has 0 amide bonds. The summed E-state index contributed by atoms with van der Waals surface area (Å²) in [4.78, 5) is 13.4. The Morgan fingerprint density at radius 1 is 1.76 bits per heavy atom. The first kappa shape index (κ1) is 12.1. The second-order valence-corrected chi connectivity index (χ2v) is 4.29. The molecule has 1 aromatic heterocycles. The van der Waals surface area contributed by atoms with Crippen molar-refractivity contribution in [3.63, 3.8) is 0 Å². The van der Waals surface area contributed by atoms with Crippen LogP contribution in [0.15, 0.2) is 10.6 Å². The highest BCUT2D eigenvalue weighted by molar-refractivity contribution is 5.76. The Balaban J connectivity index is 2.05. The van der Waals surface area contributed by atoms with Crippen LogP contribution in [-0.4, -0.2) is 46.9 Å². The predicted molar refractivity (Wildman–Crippen MR) is 58.1 cm³/mol. The van der Waals surface area contributed by atoms with Gasteiger partial charge in [0.2, 0.25) is 0 Å². The molecular weight excluding hydrogens is 224 g/mol. The Bertz CT molecular complexity index is 404. The third-order valence-corrected chi connectivity index (χ3v) is 2.90. The van der Waals surface area contributed by atoms with Crippen molar-refractivity contribution in [3.05, 3.63) is 17.5 Å². The molecule has 1 saturated heterocycles. The zero-order chi connectivity index (χ0) is 12.4. The van der Waals surface area contributed by atoms with Crippen LogP contribution in [0.3, 0.4) is 0 Å². The molecule has 2 atom stereocenters. The molecule has 0 spiro atoms. The van der Waals surface area contributed by atoms with Crippen molar-refractivity contribution < 1.29 is 19.2 Å². The summed E-state index contributed by atoms with van der Waals surface area (Å²) in [5, 5.41) is 13.5. The third kappa shape index (κ3) is 2.65. The average molecular weight is 240 g/mol. The van der Waals surface area contributed by atoms with E-state index in [0.717, 1.165) is 11.5 Å². The van der Waals surface area contributed by atoms with Crippen molar-refractivity contribution in [3.8, 4) is 0 Å². The van der Waals surface area contributed by atoms with Gasteiger partial charge in [0, 0.05) is 25.6 Å². The van der Waals surface area contributed by atoms with Gasteiger partial charge in [-0.1, -0.05) is 5.16 Å². The predicted octanol–water partition coefficient (Wildman–Crippen LogP) is 0.0912. The lowest BCUT2D eigenvalue weighted by Gasteiger charge is -2.20. The molecule has 1 aliphatic rings. The first-order valence-electron chi connectivity index (χ1n) is 5.52. The lowest BCUT2D eigenvalue weighted by Crippen LogP contribution is -2.36. The van der Waals surface area contributed by atoms with Gasteiger partial charge in [-0.3, -0.25) is 9.69 Å². The lowest BCUT2D eigenvalue weighted by molar-refractivity contribution is -0.146. The molecule has 0 bridgehead atoms. The Labute approximate surface area is 99.1 Å². The standard InChI is InChI=1S/C11H16N2O4/c1-7-3-8(12-17-7)5-13-6-9(14)4-10(13)11(15)16-2/h3,9-10,14H,4-6H2,1-2H3/t9-,10+/m1/s1. The minimum Gasteiger partial charge on any atom is -0.468 e. The number of nitrogens with zero attached hydrogens (tertiary/aromatic N) is 2. The van der Waals surface area contributed by atoms with Gasteiger partial charge in [-0.2, -0.15) is 0 Å². The van der Waals surface area contributed by atoms with Crippen LogP contribution in [0.5, 0.6) is 0 Å². The van der Waals surface area contributed by atoms with Crippen molar-refractivity contribution in [2.45, 2.75) is 32.0 Å². The summed E-state index contributed by atoms with van der Waals surface area (Å²) in [5.41, 5.74) is 0.755. The molecule has 6 nitrogen and oxygen atoms in total. The van der Waals surface area contributed by atoms with Crippen LogP contribution in [0.2, 0.25) is 0 Å². The van der Waals surface area contributed by atoms with E-state index in [-0.39, 0.29) is 5.97 Å². The Hall–Kier alpha value is -1.40. The summed E-state index contributed by atoms with van der Waals surface area (Å²) in [6.45, 7) is 2.74. The minimum absolute atomic E-state index is 0.318. The number of carbonyl (C=O) groups excluding carboxylic acids is 1. The van der Waals surface area contributed by atoms with E-state index in [2.05, 4.69) is 5.16 Å². The molecule has 94 valence electrons. The minimum atomic E-state index is -0.493. The fourth-order valence-corrected chi connectivity index (χ4v) is 2.14. The van der Waals surface area contributed by atoms with Gasteiger partial charge in [-0.25, -0.2) is 0 Å². The Morgan fingerprint density at radius 2 is 2.53 bits per heavy atom. The topological polar surface area (TPSA) is 75.8 Å². The number of esters is 1. The molecule has 2 rings (SSSR count). The smallest absolute Gasteiger partial charge is 0.323 e. The van der Waals surface area contributed by atoms with Crippen LogP contribution in [0.4, 0.5) is 0 Å². The molecule has 0 radical (unpaired) electrons. The number of ether oxygens (including phenoxy) is 1. The highest BCUT2D eigenvalue weighted by atomic mass is 16.5. The number of β-amino-alcohol motifs (C(OH)–C–C–N with tert-alkyl or cyclic N) is 1. The third-order valence-electron chi connectivity index (χ3n) is 2.90. The zero-order valence-electron chi connectivity index (χ0n) is 9.92. The maximum atomic E-state index is 11.5. The van der Waals surface area contributed by atoms with E-state index < -0.39 is 12.1 Å². The van der Waals surface area contributed by atoms with E-state index in [1.165, 1.54) is 7.11 Å². The molecule has 2 heterocycles. The quantitative estimate of drug-likeness (QED) is 0.755. The summed E-state index contributed by atoms with van der Waals surface area (Å²) in [7, 11) is 1.35. The van der Waals surface area contributed by atoms with Crippen molar-refractivity contribution in [2.24, 2.45) is 0 Å². The summed E-state index contributed by atoms with van der Waals surface area (Å²) in [6.07, 6.45) is -0.0872. The highest BCUT2D eigenvalue weighted by Gasteiger charge is 2.36. The second kappa shape index (κ2) is 4.85. The first-order chi connectivity index (χ1) is 8.10. The molecule has 1 N–H and O–H groups in total. The Kier molecular flexibility index (Phi) is 3.44. The van der Waals surface area contributed by atoms with Crippen LogP contribution in [-0.2, 0) is 16.1 Å². The Morgan fingerprint density at radius 3 is 3.12 bits per heavy atom. The largest absolute Gasteiger partial charge is 0.468 e. The molecule has 6 heteroatoms. The number of hydrogen-bond donors (Lipinski definition) is 1. The van der Waals surface area contributed by atoms with Gasteiger partial charge in [0.1, 0.15) is 11.8 Å². The van der Waals surface area contributed by atoms with Gasteiger partial charge in [-0.15, -0.1) is 0 Å². The van der Waals surface area contributed by atoms with Crippen molar-refractivity contribution in [1.29, 1.82) is 0 Å².